The Kier molecular flexibility index (Phi) is 2.79. The third kappa shape index (κ3) is 2.00. The summed E-state index contributed by atoms with van der Waals surface area (Å²) in [6, 6.07) is 12.4. The fourth-order valence-corrected chi connectivity index (χ4v) is 2.59. The molecule has 0 aliphatic carbocycles. The number of ether oxygens (including phenoxy) is 1. The average Bonchev–Trinajstić information content (AvgIpc) is 2.86. The number of benzene rings is 2. The van der Waals surface area contributed by atoms with Crippen LogP contribution >= 0.6 is 0 Å². The molecule has 19 heavy (non-hydrogen) atoms. The summed E-state index contributed by atoms with van der Waals surface area (Å²) in [4.78, 5) is 0. The van der Waals surface area contributed by atoms with Gasteiger partial charge in [0.05, 0.1) is 12.1 Å². The summed E-state index contributed by atoms with van der Waals surface area (Å²) in [6.45, 7) is 2.57. The number of fused-ring (bicyclic) bond motifs is 1. The molecule has 0 saturated carbocycles. The zero-order chi connectivity index (χ0) is 13.5. The molecule has 3 heteroatoms. The van der Waals surface area contributed by atoms with Crippen molar-refractivity contribution >= 4 is 0 Å². The fraction of sp³-hybridized carbons (Fsp3) is 0.250. The van der Waals surface area contributed by atoms with Crippen molar-refractivity contribution in [1.82, 2.24) is 0 Å². The minimum Gasteiger partial charge on any atom is -0.493 e. The Morgan fingerprint density at radius 3 is 2.79 bits per heavy atom. The second-order valence-corrected chi connectivity index (χ2v) is 5.10. The molecule has 1 aliphatic rings. The molecule has 1 atom stereocenters. The molecule has 0 fully saturated rings. The van der Waals surface area contributed by atoms with Crippen LogP contribution in [0.3, 0.4) is 0 Å². The van der Waals surface area contributed by atoms with Gasteiger partial charge in [0.1, 0.15) is 11.6 Å². The van der Waals surface area contributed by atoms with Crippen LogP contribution in [0.25, 0.3) is 0 Å². The van der Waals surface area contributed by atoms with E-state index in [-0.39, 0.29) is 5.82 Å². The van der Waals surface area contributed by atoms with E-state index in [4.69, 9.17) is 10.5 Å². The number of para-hydroxylation sites is 1. The number of hydrogen-bond acceptors (Lipinski definition) is 2. The minimum absolute atomic E-state index is 0.275. The Labute approximate surface area is 112 Å². The molecule has 2 nitrogen and oxygen atoms in total. The van der Waals surface area contributed by atoms with Gasteiger partial charge in [-0.15, -0.1) is 0 Å². The summed E-state index contributed by atoms with van der Waals surface area (Å²) in [5, 5.41) is 0. The molecular formula is C16H16FNO. The molecule has 98 valence electrons. The fourth-order valence-electron chi connectivity index (χ4n) is 2.59. The van der Waals surface area contributed by atoms with Crippen molar-refractivity contribution in [2.24, 2.45) is 5.73 Å². The molecule has 0 saturated heterocycles. The highest BCUT2D eigenvalue weighted by Gasteiger charge is 2.30. The Bertz CT molecular complexity index is 622. The molecule has 3 rings (SSSR count). The van der Waals surface area contributed by atoms with Crippen molar-refractivity contribution in [3.63, 3.8) is 0 Å². The van der Waals surface area contributed by atoms with Crippen LogP contribution in [0.1, 0.15) is 23.6 Å². The van der Waals surface area contributed by atoms with Gasteiger partial charge in [0.25, 0.3) is 0 Å². The van der Waals surface area contributed by atoms with Crippen LogP contribution < -0.4 is 10.5 Å². The molecule has 1 unspecified atom stereocenters. The summed E-state index contributed by atoms with van der Waals surface area (Å²) in [5.74, 6) is 0.583. The first kappa shape index (κ1) is 12.2. The lowest BCUT2D eigenvalue weighted by molar-refractivity contribution is 0.347. The monoisotopic (exact) mass is 257 g/mol. The van der Waals surface area contributed by atoms with E-state index in [0.29, 0.717) is 6.61 Å². The van der Waals surface area contributed by atoms with E-state index in [1.807, 2.05) is 31.2 Å². The minimum atomic E-state index is -0.766. The molecular weight excluding hydrogens is 241 g/mol. The second kappa shape index (κ2) is 4.35. The number of hydrogen-bond donors (Lipinski definition) is 1. The van der Waals surface area contributed by atoms with Crippen molar-refractivity contribution in [3.05, 3.63) is 65.0 Å². The van der Waals surface area contributed by atoms with Gasteiger partial charge in [0.2, 0.25) is 0 Å². The van der Waals surface area contributed by atoms with Gasteiger partial charge in [-0.25, -0.2) is 4.39 Å². The summed E-state index contributed by atoms with van der Waals surface area (Å²) >= 11 is 0. The maximum Gasteiger partial charge on any atom is 0.128 e. The smallest absolute Gasteiger partial charge is 0.128 e. The molecule has 0 bridgehead atoms. The summed E-state index contributed by atoms with van der Waals surface area (Å²) in [7, 11) is 0. The van der Waals surface area contributed by atoms with Crippen LogP contribution in [0, 0.1) is 5.82 Å². The zero-order valence-electron chi connectivity index (χ0n) is 10.8. The third-order valence-corrected chi connectivity index (χ3v) is 3.70. The Morgan fingerprint density at radius 2 is 2.00 bits per heavy atom. The van der Waals surface area contributed by atoms with Gasteiger partial charge in [-0.1, -0.05) is 30.3 Å². The highest BCUT2D eigenvalue weighted by atomic mass is 19.1. The predicted octanol–water partition coefficient (Wildman–Crippen LogP) is 2.98. The predicted molar refractivity (Wildman–Crippen MR) is 72.7 cm³/mol. The molecule has 0 amide bonds. The van der Waals surface area contributed by atoms with Crippen molar-refractivity contribution < 1.29 is 9.13 Å². The molecule has 1 aliphatic heterocycles. The Hall–Kier alpha value is -1.87. The number of halogens is 1. The summed E-state index contributed by atoms with van der Waals surface area (Å²) in [6.07, 6.45) is 0.905. The van der Waals surface area contributed by atoms with Gasteiger partial charge in [-0.3, -0.25) is 0 Å². The molecule has 0 aromatic heterocycles. The quantitative estimate of drug-likeness (QED) is 0.897. The van der Waals surface area contributed by atoms with Gasteiger partial charge in [-0.2, -0.15) is 0 Å². The van der Waals surface area contributed by atoms with Crippen molar-refractivity contribution in [1.29, 1.82) is 0 Å². The van der Waals surface area contributed by atoms with E-state index in [9.17, 15) is 4.39 Å². The first-order chi connectivity index (χ1) is 9.09. The van der Waals surface area contributed by atoms with Crippen molar-refractivity contribution in [2.45, 2.75) is 18.9 Å². The summed E-state index contributed by atoms with van der Waals surface area (Å²) in [5.41, 5.74) is 8.52. The van der Waals surface area contributed by atoms with Crippen LogP contribution in [0.5, 0.6) is 5.75 Å². The van der Waals surface area contributed by atoms with Gasteiger partial charge < -0.3 is 10.5 Å². The van der Waals surface area contributed by atoms with E-state index >= 15 is 0 Å². The molecule has 1 heterocycles. The first-order valence-corrected chi connectivity index (χ1v) is 6.39. The standard InChI is InChI=1S/C16H16FNO/c1-16(18,12-5-3-6-13(17)10-12)14-7-2-4-11-8-9-19-15(11)14/h2-7,10H,8-9,18H2,1H3. The van der Waals surface area contributed by atoms with Gasteiger partial charge in [0.15, 0.2) is 0 Å². The second-order valence-electron chi connectivity index (χ2n) is 5.10. The van der Waals surface area contributed by atoms with Crippen LogP contribution in [0.2, 0.25) is 0 Å². The average molecular weight is 257 g/mol. The van der Waals surface area contributed by atoms with Crippen LogP contribution in [0.15, 0.2) is 42.5 Å². The summed E-state index contributed by atoms with van der Waals surface area (Å²) < 4.78 is 19.1. The van der Waals surface area contributed by atoms with Crippen molar-refractivity contribution in [3.8, 4) is 5.75 Å². The van der Waals surface area contributed by atoms with E-state index in [2.05, 4.69) is 0 Å². The number of rotatable bonds is 2. The van der Waals surface area contributed by atoms with Crippen LogP contribution in [-0.2, 0) is 12.0 Å². The largest absolute Gasteiger partial charge is 0.493 e. The van der Waals surface area contributed by atoms with E-state index in [0.717, 1.165) is 23.3 Å². The Morgan fingerprint density at radius 1 is 1.21 bits per heavy atom. The van der Waals surface area contributed by atoms with Crippen LogP contribution in [0.4, 0.5) is 4.39 Å². The lowest BCUT2D eigenvalue weighted by Gasteiger charge is -2.27. The lowest BCUT2D eigenvalue weighted by atomic mass is 9.84. The van der Waals surface area contributed by atoms with Crippen LogP contribution in [-0.4, -0.2) is 6.61 Å². The zero-order valence-corrected chi connectivity index (χ0v) is 10.8. The normalized spacial score (nSPS) is 16.6. The molecule has 0 spiro atoms. The van der Waals surface area contributed by atoms with Gasteiger partial charge in [0, 0.05) is 12.0 Å². The lowest BCUT2D eigenvalue weighted by Crippen LogP contribution is -2.34. The van der Waals surface area contributed by atoms with E-state index in [1.165, 1.54) is 17.7 Å². The maximum absolute atomic E-state index is 13.4. The third-order valence-electron chi connectivity index (χ3n) is 3.70. The Balaban J connectivity index is 2.13. The molecule has 2 aromatic rings. The van der Waals surface area contributed by atoms with E-state index < -0.39 is 5.54 Å². The van der Waals surface area contributed by atoms with Crippen molar-refractivity contribution in [2.75, 3.05) is 6.61 Å². The highest BCUT2D eigenvalue weighted by Crippen LogP contribution is 2.38. The molecule has 2 N–H and O–H groups in total. The van der Waals surface area contributed by atoms with Gasteiger partial charge >= 0.3 is 0 Å². The molecule has 2 aromatic carbocycles. The maximum atomic E-state index is 13.4. The van der Waals surface area contributed by atoms with E-state index in [1.54, 1.807) is 6.07 Å². The first-order valence-electron chi connectivity index (χ1n) is 6.39. The highest BCUT2D eigenvalue weighted by molar-refractivity contribution is 5.51. The SMILES string of the molecule is CC(N)(c1cccc(F)c1)c1cccc2c1OCC2. The molecule has 0 radical (unpaired) electrons. The number of nitrogens with two attached hydrogens (primary N) is 1. The van der Waals surface area contributed by atoms with Gasteiger partial charge in [-0.05, 0) is 30.2 Å². The topological polar surface area (TPSA) is 35.2 Å².